The Labute approximate surface area is 115 Å². The minimum atomic E-state index is -0.612. The van der Waals surface area contributed by atoms with E-state index in [2.05, 4.69) is 20.1 Å². The molecule has 3 rings (SSSR count). The van der Waals surface area contributed by atoms with Crippen molar-refractivity contribution in [1.82, 2.24) is 24.7 Å². The van der Waals surface area contributed by atoms with E-state index in [1.54, 1.807) is 4.68 Å². The SMILES string of the molecule is CC(N)c1nc(C2CC2)nn1-c1cc(C(N)=O)ncn1. The normalized spacial score (nSPS) is 16.1. The van der Waals surface area contributed by atoms with E-state index in [1.807, 2.05) is 6.92 Å². The largest absolute Gasteiger partial charge is 0.364 e. The fourth-order valence-electron chi connectivity index (χ4n) is 1.92. The van der Waals surface area contributed by atoms with Gasteiger partial charge in [-0.05, 0) is 19.8 Å². The number of hydrogen-bond acceptors (Lipinski definition) is 6. The molecule has 0 saturated heterocycles. The van der Waals surface area contributed by atoms with E-state index in [1.165, 1.54) is 12.4 Å². The van der Waals surface area contributed by atoms with Crippen LogP contribution < -0.4 is 11.5 Å². The Balaban J connectivity index is 2.08. The Morgan fingerprint density at radius 2 is 2.20 bits per heavy atom. The molecule has 0 bridgehead atoms. The molecule has 0 radical (unpaired) electrons. The van der Waals surface area contributed by atoms with Gasteiger partial charge in [0.25, 0.3) is 5.91 Å². The van der Waals surface area contributed by atoms with Gasteiger partial charge in [0.15, 0.2) is 17.5 Å². The molecule has 1 aliphatic rings. The number of rotatable bonds is 4. The quantitative estimate of drug-likeness (QED) is 0.810. The number of aromatic nitrogens is 5. The first kappa shape index (κ1) is 12.7. The van der Waals surface area contributed by atoms with Crippen LogP contribution in [0.25, 0.3) is 5.82 Å². The fourth-order valence-corrected chi connectivity index (χ4v) is 1.92. The summed E-state index contributed by atoms with van der Waals surface area (Å²) in [4.78, 5) is 23.6. The standard InChI is InChI=1S/C12H15N7O/c1-6(13)12-17-11(7-2-3-7)18-19(12)9-4-8(10(14)20)15-5-16-9/h4-7H,2-3,13H2,1H3,(H2,14,20). The first-order valence-corrected chi connectivity index (χ1v) is 6.41. The van der Waals surface area contributed by atoms with Gasteiger partial charge in [0, 0.05) is 12.0 Å². The highest BCUT2D eigenvalue weighted by molar-refractivity contribution is 5.90. The third-order valence-electron chi connectivity index (χ3n) is 3.12. The van der Waals surface area contributed by atoms with Crippen molar-refractivity contribution in [1.29, 1.82) is 0 Å². The van der Waals surface area contributed by atoms with Crippen LogP contribution in [0.3, 0.4) is 0 Å². The molecule has 2 aromatic heterocycles. The lowest BCUT2D eigenvalue weighted by molar-refractivity contribution is 0.0995. The maximum Gasteiger partial charge on any atom is 0.267 e. The summed E-state index contributed by atoms with van der Waals surface area (Å²) in [6.45, 7) is 1.83. The van der Waals surface area contributed by atoms with Gasteiger partial charge in [-0.1, -0.05) is 0 Å². The molecule has 1 saturated carbocycles. The van der Waals surface area contributed by atoms with Crippen molar-refractivity contribution in [3.63, 3.8) is 0 Å². The van der Waals surface area contributed by atoms with E-state index < -0.39 is 5.91 Å². The summed E-state index contributed by atoms with van der Waals surface area (Å²) in [7, 11) is 0. The molecule has 1 fully saturated rings. The highest BCUT2D eigenvalue weighted by atomic mass is 16.1. The molecule has 2 aromatic rings. The van der Waals surface area contributed by atoms with Gasteiger partial charge in [0.1, 0.15) is 12.0 Å². The van der Waals surface area contributed by atoms with Gasteiger partial charge in [-0.3, -0.25) is 4.79 Å². The van der Waals surface area contributed by atoms with Gasteiger partial charge < -0.3 is 11.5 Å². The zero-order valence-electron chi connectivity index (χ0n) is 11.0. The Bertz CT molecular complexity index is 660. The molecule has 104 valence electrons. The predicted molar refractivity (Wildman–Crippen MR) is 70.0 cm³/mol. The summed E-state index contributed by atoms with van der Waals surface area (Å²) in [5.41, 5.74) is 11.3. The van der Waals surface area contributed by atoms with Crippen molar-refractivity contribution >= 4 is 5.91 Å². The van der Waals surface area contributed by atoms with Crippen LogP contribution in [-0.4, -0.2) is 30.6 Å². The van der Waals surface area contributed by atoms with Gasteiger partial charge in [-0.25, -0.2) is 15.0 Å². The second-order valence-corrected chi connectivity index (χ2v) is 4.93. The number of hydrogen-bond donors (Lipinski definition) is 2. The van der Waals surface area contributed by atoms with Crippen LogP contribution in [-0.2, 0) is 0 Å². The summed E-state index contributed by atoms with van der Waals surface area (Å²) in [6, 6.07) is 1.20. The van der Waals surface area contributed by atoms with Crippen LogP contribution in [0.15, 0.2) is 12.4 Å². The van der Waals surface area contributed by atoms with Gasteiger partial charge in [0.2, 0.25) is 0 Å². The van der Waals surface area contributed by atoms with Crippen molar-refractivity contribution in [2.45, 2.75) is 31.7 Å². The molecule has 1 unspecified atom stereocenters. The number of nitrogens with two attached hydrogens (primary N) is 2. The lowest BCUT2D eigenvalue weighted by atomic mass is 10.3. The van der Waals surface area contributed by atoms with Crippen molar-refractivity contribution in [2.24, 2.45) is 11.5 Å². The van der Waals surface area contributed by atoms with Crippen LogP contribution in [0.4, 0.5) is 0 Å². The van der Waals surface area contributed by atoms with E-state index in [9.17, 15) is 4.79 Å². The topological polar surface area (TPSA) is 126 Å². The minimum Gasteiger partial charge on any atom is -0.364 e. The van der Waals surface area contributed by atoms with Crippen molar-refractivity contribution in [3.05, 3.63) is 29.7 Å². The molecule has 0 aromatic carbocycles. The van der Waals surface area contributed by atoms with Crippen LogP contribution in [0, 0.1) is 0 Å². The number of primary amides is 1. The van der Waals surface area contributed by atoms with Gasteiger partial charge in [-0.15, -0.1) is 5.10 Å². The summed E-state index contributed by atoms with van der Waals surface area (Å²) < 4.78 is 1.56. The highest BCUT2D eigenvalue weighted by Crippen LogP contribution is 2.38. The Hall–Kier alpha value is -2.35. The summed E-state index contributed by atoms with van der Waals surface area (Å²) >= 11 is 0. The zero-order valence-corrected chi connectivity index (χ0v) is 11.0. The van der Waals surface area contributed by atoms with Crippen molar-refractivity contribution in [3.8, 4) is 5.82 Å². The van der Waals surface area contributed by atoms with Gasteiger partial charge in [-0.2, -0.15) is 4.68 Å². The fraction of sp³-hybridized carbons (Fsp3) is 0.417. The van der Waals surface area contributed by atoms with E-state index in [0.29, 0.717) is 17.6 Å². The summed E-state index contributed by atoms with van der Waals surface area (Å²) in [5, 5.41) is 4.45. The molecule has 1 atom stereocenters. The average molecular weight is 273 g/mol. The monoisotopic (exact) mass is 273 g/mol. The van der Waals surface area contributed by atoms with Crippen LogP contribution in [0.2, 0.25) is 0 Å². The maximum absolute atomic E-state index is 11.2. The zero-order chi connectivity index (χ0) is 14.3. The molecular formula is C12H15N7O. The molecule has 0 aliphatic heterocycles. The first-order chi connectivity index (χ1) is 9.56. The maximum atomic E-state index is 11.2. The van der Waals surface area contributed by atoms with E-state index in [4.69, 9.17) is 11.5 Å². The molecular weight excluding hydrogens is 258 g/mol. The molecule has 20 heavy (non-hydrogen) atoms. The van der Waals surface area contributed by atoms with Crippen LogP contribution in [0.5, 0.6) is 0 Å². The lowest BCUT2D eigenvalue weighted by Gasteiger charge is -2.07. The highest BCUT2D eigenvalue weighted by Gasteiger charge is 2.30. The van der Waals surface area contributed by atoms with E-state index >= 15 is 0 Å². The summed E-state index contributed by atoms with van der Waals surface area (Å²) in [5.74, 6) is 1.63. The van der Waals surface area contributed by atoms with Crippen molar-refractivity contribution in [2.75, 3.05) is 0 Å². The molecule has 1 aliphatic carbocycles. The van der Waals surface area contributed by atoms with Crippen LogP contribution >= 0.6 is 0 Å². The third kappa shape index (κ3) is 2.25. The molecule has 8 heteroatoms. The molecule has 0 spiro atoms. The Morgan fingerprint density at radius 3 is 2.80 bits per heavy atom. The summed E-state index contributed by atoms with van der Waals surface area (Å²) in [6.07, 6.45) is 3.47. The van der Waals surface area contributed by atoms with E-state index in [0.717, 1.165) is 18.7 Å². The Morgan fingerprint density at radius 1 is 1.45 bits per heavy atom. The second-order valence-electron chi connectivity index (χ2n) is 4.93. The Kier molecular flexibility index (Phi) is 2.94. The lowest BCUT2D eigenvalue weighted by Crippen LogP contribution is -2.17. The van der Waals surface area contributed by atoms with Crippen molar-refractivity contribution < 1.29 is 4.79 Å². The van der Waals surface area contributed by atoms with Gasteiger partial charge >= 0.3 is 0 Å². The van der Waals surface area contributed by atoms with Gasteiger partial charge in [0.05, 0.1) is 6.04 Å². The number of amides is 1. The molecule has 4 N–H and O–H groups in total. The smallest absolute Gasteiger partial charge is 0.267 e. The third-order valence-corrected chi connectivity index (χ3v) is 3.12. The van der Waals surface area contributed by atoms with E-state index in [-0.39, 0.29) is 11.7 Å². The molecule has 2 heterocycles. The minimum absolute atomic E-state index is 0.133. The average Bonchev–Trinajstić information content (AvgIpc) is 3.17. The number of carbonyl (C=O) groups excluding carboxylic acids is 1. The molecule has 1 amide bonds. The van der Waals surface area contributed by atoms with Crippen LogP contribution in [0.1, 0.15) is 53.9 Å². The second kappa shape index (κ2) is 4.64. The number of carbonyl (C=O) groups is 1. The molecule has 8 nitrogen and oxygen atoms in total. The number of nitrogens with zero attached hydrogens (tertiary/aromatic N) is 5. The predicted octanol–water partition coefficient (Wildman–Crippen LogP) is 0.0533. The first-order valence-electron chi connectivity index (χ1n) is 6.41.